The summed E-state index contributed by atoms with van der Waals surface area (Å²) in [6, 6.07) is 13.8. The van der Waals surface area contributed by atoms with Gasteiger partial charge in [0.05, 0.1) is 5.75 Å². The van der Waals surface area contributed by atoms with E-state index < -0.39 is 0 Å². The van der Waals surface area contributed by atoms with E-state index in [2.05, 4.69) is 28.6 Å². The summed E-state index contributed by atoms with van der Waals surface area (Å²) in [6.45, 7) is 4.31. The zero-order valence-electron chi connectivity index (χ0n) is 15.5. The summed E-state index contributed by atoms with van der Waals surface area (Å²) in [4.78, 5) is 0. The molecule has 3 aromatic rings. The van der Waals surface area contributed by atoms with Crippen molar-refractivity contribution in [3.8, 4) is 0 Å². The largest absolute Gasteiger partial charge is 0.303 e. The van der Waals surface area contributed by atoms with Gasteiger partial charge in [0.25, 0.3) is 0 Å². The van der Waals surface area contributed by atoms with E-state index in [-0.39, 0.29) is 6.04 Å². The van der Waals surface area contributed by atoms with Crippen LogP contribution in [-0.4, -0.2) is 14.8 Å². The molecule has 1 aromatic heterocycles. The molecule has 1 heterocycles. The number of halogens is 3. The molecule has 0 unspecified atom stereocenters. The number of benzene rings is 2. The number of aromatic nitrogens is 3. The van der Waals surface area contributed by atoms with Gasteiger partial charge in [-0.3, -0.25) is 0 Å². The Hall–Kier alpha value is -0.850. The summed E-state index contributed by atoms with van der Waals surface area (Å²) >= 11 is 21.6. The molecule has 28 heavy (non-hydrogen) atoms. The van der Waals surface area contributed by atoms with E-state index in [0.29, 0.717) is 10.0 Å². The molecule has 0 radical (unpaired) electrons. The second-order valence-corrected chi connectivity index (χ2v) is 9.71. The van der Waals surface area contributed by atoms with E-state index in [9.17, 15) is 0 Å². The molecule has 0 amide bonds. The van der Waals surface area contributed by atoms with Crippen molar-refractivity contribution in [2.75, 3.05) is 0 Å². The van der Waals surface area contributed by atoms with Crippen LogP contribution in [0.4, 0.5) is 0 Å². The average molecular weight is 473 g/mol. The van der Waals surface area contributed by atoms with Crippen molar-refractivity contribution in [3.63, 3.8) is 0 Å². The van der Waals surface area contributed by atoms with Gasteiger partial charge in [0.2, 0.25) is 0 Å². The maximum absolute atomic E-state index is 6.26. The number of hydrogen-bond donors (Lipinski definition) is 0. The van der Waals surface area contributed by atoms with Gasteiger partial charge in [-0.1, -0.05) is 64.8 Å². The van der Waals surface area contributed by atoms with Crippen LogP contribution in [0.3, 0.4) is 0 Å². The molecule has 0 aliphatic rings. The van der Waals surface area contributed by atoms with Gasteiger partial charge in [0.15, 0.2) is 5.16 Å². The Morgan fingerprint density at radius 3 is 2.29 bits per heavy atom. The first-order valence-corrected chi connectivity index (χ1v) is 12.0. The van der Waals surface area contributed by atoms with Gasteiger partial charge in [-0.05, 0) is 49.2 Å². The molecule has 3 nitrogen and oxygen atoms in total. The molecule has 8 heteroatoms. The molecule has 0 bridgehead atoms. The van der Waals surface area contributed by atoms with E-state index in [1.807, 2.05) is 36.4 Å². The molecule has 0 spiro atoms. The van der Waals surface area contributed by atoms with Crippen molar-refractivity contribution < 1.29 is 0 Å². The van der Waals surface area contributed by atoms with E-state index in [1.54, 1.807) is 29.6 Å². The van der Waals surface area contributed by atoms with Crippen LogP contribution in [-0.2, 0) is 17.3 Å². The zero-order chi connectivity index (χ0) is 20.1. The Morgan fingerprint density at radius 1 is 0.893 bits per heavy atom. The SMILES string of the molecule is CC(C)n1c(CSCc2ccc(Cl)cc2Cl)nnc1SCc1ccc(Cl)cc1. The second kappa shape index (κ2) is 10.3. The van der Waals surface area contributed by atoms with Crippen LogP contribution in [0.2, 0.25) is 15.1 Å². The Morgan fingerprint density at radius 2 is 1.61 bits per heavy atom. The Balaban J connectivity index is 1.64. The maximum atomic E-state index is 6.26. The van der Waals surface area contributed by atoms with Crippen LogP contribution in [0.15, 0.2) is 47.6 Å². The molecule has 0 fully saturated rings. The third-order valence-electron chi connectivity index (χ3n) is 4.04. The van der Waals surface area contributed by atoms with Crippen LogP contribution in [0, 0.1) is 0 Å². The van der Waals surface area contributed by atoms with E-state index in [1.165, 1.54) is 5.56 Å². The summed E-state index contributed by atoms with van der Waals surface area (Å²) in [5.74, 6) is 3.37. The summed E-state index contributed by atoms with van der Waals surface area (Å²) < 4.78 is 2.21. The first kappa shape index (κ1) is 21.8. The Kier molecular flexibility index (Phi) is 8.01. The predicted octanol–water partition coefficient (Wildman–Crippen LogP) is 7.54. The molecule has 3 rings (SSSR count). The number of hydrogen-bond acceptors (Lipinski definition) is 4. The molecule has 2 aromatic carbocycles. The van der Waals surface area contributed by atoms with Gasteiger partial charge < -0.3 is 4.57 Å². The predicted molar refractivity (Wildman–Crippen MR) is 123 cm³/mol. The molecule has 0 saturated heterocycles. The van der Waals surface area contributed by atoms with Gasteiger partial charge in [-0.15, -0.1) is 22.0 Å². The van der Waals surface area contributed by atoms with E-state index in [4.69, 9.17) is 34.8 Å². The third-order valence-corrected chi connectivity index (χ3v) is 6.87. The molecule has 0 aliphatic carbocycles. The van der Waals surface area contributed by atoms with E-state index >= 15 is 0 Å². The first-order valence-electron chi connectivity index (χ1n) is 8.76. The van der Waals surface area contributed by atoms with Crippen molar-refractivity contribution >= 4 is 58.3 Å². The molecular weight excluding hydrogens is 453 g/mol. The number of nitrogens with zero attached hydrogens (tertiary/aromatic N) is 3. The zero-order valence-corrected chi connectivity index (χ0v) is 19.4. The maximum Gasteiger partial charge on any atom is 0.191 e. The molecule has 0 aliphatic heterocycles. The monoisotopic (exact) mass is 471 g/mol. The fraction of sp³-hybridized carbons (Fsp3) is 0.300. The van der Waals surface area contributed by atoms with Crippen molar-refractivity contribution in [2.45, 2.75) is 42.3 Å². The van der Waals surface area contributed by atoms with Crippen molar-refractivity contribution in [2.24, 2.45) is 0 Å². The summed E-state index contributed by atoms with van der Waals surface area (Å²) in [7, 11) is 0. The van der Waals surface area contributed by atoms with Gasteiger partial charge in [0, 0.05) is 32.6 Å². The van der Waals surface area contributed by atoms with E-state index in [0.717, 1.165) is 38.8 Å². The molecule has 0 saturated carbocycles. The fourth-order valence-electron chi connectivity index (χ4n) is 2.64. The lowest BCUT2D eigenvalue weighted by atomic mass is 10.2. The summed E-state index contributed by atoms with van der Waals surface area (Å²) in [6.07, 6.45) is 0. The van der Waals surface area contributed by atoms with Crippen molar-refractivity contribution in [1.29, 1.82) is 0 Å². The van der Waals surface area contributed by atoms with Gasteiger partial charge >= 0.3 is 0 Å². The summed E-state index contributed by atoms with van der Waals surface area (Å²) in [5.41, 5.74) is 2.28. The minimum Gasteiger partial charge on any atom is -0.303 e. The lowest BCUT2D eigenvalue weighted by molar-refractivity contribution is 0.534. The summed E-state index contributed by atoms with van der Waals surface area (Å²) in [5, 5.41) is 11.9. The molecule has 0 N–H and O–H groups in total. The highest BCUT2D eigenvalue weighted by Gasteiger charge is 2.15. The highest BCUT2D eigenvalue weighted by Crippen LogP contribution is 2.29. The van der Waals surface area contributed by atoms with Crippen LogP contribution >= 0.6 is 58.3 Å². The minimum absolute atomic E-state index is 0.289. The van der Waals surface area contributed by atoms with Crippen molar-refractivity contribution in [1.82, 2.24) is 14.8 Å². The molecule has 0 atom stereocenters. The third kappa shape index (κ3) is 5.83. The smallest absolute Gasteiger partial charge is 0.191 e. The lowest BCUT2D eigenvalue weighted by Gasteiger charge is -2.14. The van der Waals surface area contributed by atoms with Crippen LogP contribution in [0.5, 0.6) is 0 Å². The highest BCUT2D eigenvalue weighted by molar-refractivity contribution is 7.98. The molecule has 148 valence electrons. The quantitative estimate of drug-likeness (QED) is 0.317. The lowest BCUT2D eigenvalue weighted by Crippen LogP contribution is -2.07. The topological polar surface area (TPSA) is 30.7 Å². The minimum atomic E-state index is 0.289. The fourth-order valence-corrected chi connectivity index (χ4v) is 5.32. The standard InChI is InChI=1S/C20H20Cl3N3S2/c1-13(2)26-19(12-27-11-15-5-8-17(22)9-18(15)23)24-25-20(26)28-10-14-3-6-16(21)7-4-14/h3-9,13H,10-12H2,1-2H3. The van der Waals surface area contributed by atoms with Gasteiger partial charge in [0.1, 0.15) is 5.82 Å². The number of thioether (sulfide) groups is 2. The first-order chi connectivity index (χ1) is 13.4. The van der Waals surface area contributed by atoms with Crippen LogP contribution < -0.4 is 0 Å². The highest BCUT2D eigenvalue weighted by atomic mass is 35.5. The average Bonchev–Trinajstić information content (AvgIpc) is 3.06. The Bertz CT molecular complexity index is 927. The molecular formula is C20H20Cl3N3S2. The number of rotatable bonds is 8. The second-order valence-electron chi connectivity index (χ2n) is 6.51. The van der Waals surface area contributed by atoms with Crippen LogP contribution in [0.25, 0.3) is 0 Å². The van der Waals surface area contributed by atoms with Crippen LogP contribution in [0.1, 0.15) is 36.8 Å². The van der Waals surface area contributed by atoms with Gasteiger partial charge in [-0.2, -0.15) is 0 Å². The van der Waals surface area contributed by atoms with Gasteiger partial charge in [-0.25, -0.2) is 0 Å². The normalized spacial score (nSPS) is 11.4. The Labute approximate surface area is 189 Å². The van der Waals surface area contributed by atoms with Crippen molar-refractivity contribution in [3.05, 3.63) is 74.5 Å².